The third-order valence-electron chi connectivity index (χ3n) is 5.13. The molecule has 0 spiro atoms. The van der Waals surface area contributed by atoms with Crippen LogP contribution in [0.3, 0.4) is 0 Å². The van der Waals surface area contributed by atoms with Gasteiger partial charge in [0.15, 0.2) is 0 Å². The SMILES string of the molecule is COC1(c2noc(C3C(C#N)C3(C)C)n2)CCCCC1. The van der Waals surface area contributed by atoms with E-state index in [2.05, 4.69) is 30.1 Å². The first-order chi connectivity index (χ1) is 9.55. The fourth-order valence-electron chi connectivity index (χ4n) is 3.53. The Hall–Kier alpha value is -1.41. The zero-order valence-electron chi connectivity index (χ0n) is 12.3. The maximum atomic E-state index is 9.16. The smallest absolute Gasteiger partial charge is 0.231 e. The van der Waals surface area contributed by atoms with Gasteiger partial charge >= 0.3 is 0 Å². The molecule has 0 amide bonds. The molecule has 1 aromatic rings. The molecule has 2 aliphatic carbocycles. The minimum atomic E-state index is -0.388. The summed E-state index contributed by atoms with van der Waals surface area (Å²) in [5.41, 5.74) is -0.452. The van der Waals surface area contributed by atoms with Crippen molar-refractivity contribution >= 4 is 0 Å². The van der Waals surface area contributed by atoms with Crippen LogP contribution < -0.4 is 0 Å². The molecule has 1 aromatic heterocycles. The maximum absolute atomic E-state index is 9.16. The number of nitrogens with zero attached hydrogens (tertiary/aromatic N) is 3. The molecule has 5 heteroatoms. The van der Waals surface area contributed by atoms with Gasteiger partial charge < -0.3 is 9.26 Å². The lowest BCUT2D eigenvalue weighted by atomic mass is 9.84. The van der Waals surface area contributed by atoms with Crippen molar-refractivity contribution in [3.05, 3.63) is 11.7 Å². The molecule has 0 radical (unpaired) electrons. The number of nitriles is 1. The topological polar surface area (TPSA) is 71.9 Å². The summed E-state index contributed by atoms with van der Waals surface area (Å²) in [6.45, 7) is 4.14. The van der Waals surface area contributed by atoms with Gasteiger partial charge in [-0.05, 0) is 18.3 Å². The average molecular weight is 275 g/mol. The van der Waals surface area contributed by atoms with Crippen LogP contribution in [-0.2, 0) is 10.3 Å². The minimum absolute atomic E-state index is 0.0272. The Balaban J connectivity index is 1.86. The summed E-state index contributed by atoms with van der Waals surface area (Å²) < 4.78 is 11.2. The third-order valence-corrected chi connectivity index (χ3v) is 5.13. The molecule has 0 bridgehead atoms. The molecule has 5 nitrogen and oxygen atoms in total. The van der Waals surface area contributed by atoms with Crippen LogP contribution in [0, 0.1) is 22.7 Å². The van der Waals surface area contributed by atoms with Crippen molar-refractivity contribution in [2.24, 2.45) is 11.3 Å². The summed E-state index contributed by atoms with van der Waals surface area (Å²) >= 11 is 0. The molecule has 0 aliphatic heterocycles. The zero-order valence-corrected chi connectivity index (χ0v) is 12.3. The monoisotopic (exact) mass is 275 g/mol. The Morgan fingerprint density at radius 1 is 1.30 bits per heavy atom. The van der Waals surface area contributed by atoms with Gasteiger partial charge in [0.2, 0.25) is 11.7 Å². The molecule has 0 aromatic carbocycles. The van der Waals surface area contributed by atoms with Crippen molar-refractivity contribution in [2.75, 3.05) is 7.11 Å². The Morgan fingerprint density at radius 2 is 2.00 bits per heavy atom. The number of aromatic nitrogens is 2. The van der Waals surface area contributed by atoms with Crippen LogP contribution in [-0.4, -0.2) is 17.3 Å². The Morgan fingerprint density at radius 3 is 2.55 bits per heavy atom. The molecule has 3 rings (SSSR count). The number of hydrogen-bond donors (Lipinski definition) is 0. The maximum Gasteiger partial charge on any atom is 0.231 e. The highest BCUT2D eigenvalue weighted by Gasteiger charge is 2.62. The van der Waals surface area contributed by atoms with Gasteiger partial charge in [0, 0.05) is 7.11 Å². The molecule has 2 fully saturated rings. The number of hydrogen-bond acceptors (Lipinski definition) is 5. The average Bonchev–Trinajstić information content (AvgIpc) is 2.80. The third kappa shape index (κ3) is 1.86. The first kappa shape index (κ1) is 13.6. The van der Waals surface area contributed by atoms with Gasteiger partial charge in [0.25, 0.3) is 0 Å². The van der Waals surface area contributed by atoms with Crippen molar-refractivity contribution in [3.63, 3.8) is 0 Å². The summed E-state index contributed by atoms with van der Waals surface area (Å²) in [5.74, 6) is 1.29. The van der Waals surface area contributed by atoms with E-state index >= 15 is 0 Å². The van der Waals surface area contributed by atoms with Crippen LogP contribution in [0.1, 0.15) is 63.6 Å². The van der Waals surface area contributed by atoms with Crippen molar-refractivity contribution in [3.8, 4) is 6.07 Å². The lowest BCUT2D eigenvalue weighted by molar-refractivity contribution is -0.0527. The summed E-state index contributed by atoms with van der Waals surface area (Å²) in [7, 11) is 1.72. The highest BCUT2D eigenvalue weighted by molar-refractivity contribution is 5.26. The highest BCUT2D eigenvalue weighted by Crippen LogP contribution is 2.63. The van der Waals surface area contributed by atoms with Crippen molar-refractivity contribution < 1.29 is 9.26 Å². The van der Waals surface area contributed by atoms with E-state index in [1.165, 1.54) is 6.42 Å². The second kappa shape index (κ2) is 4.56. The molecule has 0 N–H and O–H groups in total. The van der Waals surface area contributed by atoms with E-state index in [-0.39, 0.29) is 22.9 Å². The van der Waals surface area contributed by atoms with E-state index in [4.69, 9.17) is 14.5 Å². The molecule has 2 saturated carbocycles. The number of rotatable bonds is 3. The Kier molecular flexibility index (Phi) is 3.09. The van der Waals surface area contributed by atoms with Crippen LogP contribution in [0.15, 0.2) is 4.52 Å². The quantitative estimate of drug-likeness (QED) is 0.847. The molecule has 2 unspecified atom stereocenters. The molecule has 0 saturated heterocycles. The second-order valence-corrected chi connectivity index (χ2v) is 6.62. The lowest BCUT2D eigenvalue weighted by Gasteiger charge is -2.32. The minimum Gasteiger partial charge on any atom is -0.370 e. The van der Waals surface area contributed by atoms with Gasteiger partial charge in [-0.1, -0.05) is 38.3 Å². The van der Waals surface area contributed by atoms with E-state index in [9.17, 15) is 0 Å². The van der Waals surface area contributed by atoms with E-state index in [0.29, 0.717) is 11.7 Å². The van der Waals surface area contributed by atoms with E-state index in [0.717, 1.165) is 25.7 Å². The van der Waals surface area contributed by atoms with Crippen molar-refractivity contribution in [1.29, 1.82) is 5.26 Å². The van der Waals surface area contributed by atoms with Crippen LogP contribution in [0.25, 0.3) is 0 Å². The Bertz CT molecular complexity index is 538. The van der Waals surface area contributed by atoms with Gasteiger partial charge in [0.1, 0.15) is 5.60 Å². The summed E-state index contributed by atoms with van der Waals surface area (Å²) in [4.78, 5) is 4.58. The molecule has 2 aliphatic rings. The second-order valence-electron chi connectivity index (χ2n) is 6.62. The fraction of sp³-hybridized carbons (Fsp3) is 0.800. The van der Waals surface area contributed by atoms with Crippen LogP contribution in [0.5, 0.6) is 0 Å². The predicted octanol–water partition coefficient (Wildman–Crippen LogP) is 3.14. The molecule has 108 valence electrons. The fourth-order valence-corrected chi connectivity index (χ4v) is 3.53. The van der Waals surface area contributed by atoms with E-state index in [1.54, 1.807) is 7.11 Å². The molecular formula is C15H21N3O2. The first-order valence-electron chi connectivity index (χ1n) is 7.34. The largest absolute Gasteiger partial charge is 0.370 e. The van der Waals surface area contributed by atoms with Crippen LogP contribution in [0.2, 0.25) is 0 Å². The normalized spacial score (nSPS) is 30.7. The standard InChI is InChI=1S/C15H21N3O2/c1-14(2)10(9-16)11(14)12-17-13(18-20-12)15(19-3)7-5-4-6-8-15/h10-11H,4-8H2,1-3H3. The van der Waals surface area contributed by atoms with Gasteiger partial charge in [-0.2, -0.15) is 10.2 Å². The number of ether oxygens (including phenoxy) is 1. The summed E-state index contributed by atoms with van der Waals surface area (Å²) in [6.07, 6.45) is 5.39. The van der Waals surface area contributed by atoms with Crippen molar-refractivity contribution in [2.45, 2.75) is 57.5 Å². The van der Waals surface area contributed by atoms with E-state index in [1.807, 2.05) is 0 Å². The highest BCUT2D eigenvalue weighted by atomic mass is 16.5. The van der Waals surface area contributed by atoms with Crippen LogP contribution in [0.4, 0.5) is 0 Å². The number of methoxy groups -OCH3 is 1. The molecular weight excluding hydrogens is 254 g/mol. The molecule has 2 atom stereocenters. The Labute approximate surface area is 119 Å². The van der Waals surface area contributed by atoms with E-state index < -0.39 is 0 Å². The van der Waals surface area contributed by atoms with Crippen LogP contribution >= 0.6 is 0 Å². The lowest BCUT2D eigenvalue weighted by Crippen LogP contribution is -2.32. The van der Waals surface area contributed by atoms with Gasteiger partial charge in [-0.3, -0.25) is 0 Å². The molecule has 1 heterocycles. The first-order valence-corrected chi connectivity index (χ1v) is 7.34. The van der Waals surface area contributed by atoms with Crippen molar-refractivity contribution in [1.82, 2.24) is 10.1 Å². The summed E-state index contributed by atoms with van der Waals surface area (Å²) in [6, 6.07) is 2.33. The van der Waals surface area contributed by atoms with Gasteiger partial charge in [-0.15, -0.1) is 0 Å². The zero-order chi connectivity index (χ0) is 14.4. The summed E-state index contributed by atoms with van der Waals surface area (Å²) in [5, 5.41) is 13.3. The predicted molar refractivity (Wildman–Crippen MR) is 71.7 cm³/mol. The van der Waals surface area contributed by atoms with Gasteiger partial charge in [-0.25, -0.2) is 0 Å². The molecule has 20 heavy (non-hydrogen) atoms. The van der Waals surface area contributed by atoms with Gasteiger partial charge in [0.05, 0.1) is 17.9 Å².